The highest BCUT2D eigenvalue weighted by Gasteiger charge is 2.09. The number of carbonyl (C=O) groups excluding carboxylic acids is 2. The minimum Gasteiger partial charge on any atom is -0.497 e. The molecule has 5 heteroatoms. The molecule has 0 atom stereocenters. The summed E-state index contributed by atoms with van der Waals surface area (Å²) in [4.78, 5) is 24.0. The van der Waals surface area contributed by atoms with Crippen LogP contribution in [0.2, 0.25) is 0 Å². The molecule has 0 saturated carbocycles. The van der Waals surface area contributed by atoms with Gasteiger partial charge in [0.1, 0.15) is 11.5 Å². The molecule has 0 heterocycles. The van der Waals surface area contributed by atoms with Crippen LogP contribution in [0.1, 0.15) is 35.2 Å². The summed E-state index contributed by atoms with van der Waals surface area (Å²) in [6.07, 6.45) is 1.17. The molecule has 1 amide bonds. The Morgan fingerprint density at radius 1 is 0.920 bits per heavy atom. The molecule has 132 valence electrons. The number of carbonyl (C=O) groups is 2. The van der Waals surface area contributed by atoms with E-state index in [1.165, 1.54) is 0 Å². The second kappa shape index (κ2) is 9.47. The first-order chi connectivity index (χ1) is 12.1. The fourth-order valence-electron chi connectivity index (χ4n) is 2.46. The average molecular weight is 341 g/mol. The number of benzene rings is 2. The van der Waals surface area contributed by atoms with Gasteiger partial charge in [0.25, 0.3) is 0 Å². The van der Waals surface area contributed by atoms with Gasteiger partial charge in [-0.25, -0.2) is 0 Å². The number of methoxy groups -OCH3 is 2. The van der Waals surface area contributed by atoms with Gasteiger partial charge in [-0.15, -0.1) is 0 Å². The van der Waals surface area contributed by atoms with Gasteiger partial charge in [-0.2, -0.15) is 0 Å². The summed E-state index contributed by atoms with van der Waals surface area (Å²) in [5.74, 6) is 1.42. The highest BCUT2D eigenvalue weighted by molar-refractivity contribution is 5.96. The van der Waals surface area contributed by atoms with Crippen molar-refractivity contribution >= 4 is 11.7 Å². The number of ketones is 1. The Hall–Kier alpha value is -2.82. The standard InChI is InChI=1S/C20H23NO4/c1-24-17-12-10-15(11-13-17)18(22)7-5-9-20(23)21-14-16-6-3-4-8-19(16)25-2/h3-4,6,8,10-13H,5,7,9,14H2,1-2H3,(H,21,23). The number of Topliss-reactive ketones (excluding diaryl/α,β-unsaturated/α-hetero) is 1. The number of para-hydroxylation sites is 1. The molecule has 0 aliphatic rings. The van der Waals surface area contributed by atoms with Crippen molar-refractivity contribution in [3.8, 4) is 11.5 Å². The monoisotopic (exact) mass is 341 g/mol. The summed E-state index contributed by atoms with van der Waals surface area (Å²) < 4.78 is 10.3. The zero-order chi connectivity index (χ0) is 18.1. The first kappa shape index (κ1) is 18.5. The van der Waals surface area contributed by atoms with E-state index < -0.39 is 0 Å². The van der Waals surface area contributed by atoms with Gasteiger partial charge in [-0.1, -0.05) is 18.2 Å². The van der Waals surface area contributed by atoms with Crippen LogP contribution in [-0.4, -0.2) is 25.9 Å². The minimum atomic E-state index is -0.0755. The highest BCUT2D eigenvalue weighted by Crippen LogP contribution is 2.17. The summed E-state index contributed by atoms with van der Waals surface area (Å²) in [5, 5.41) is 2.86. The van der Waals surface area contributed by atoms with Crippen molar-refractivity contribution in [1.29, 1.82) is 0 Å². The first-order valence-electron chi connectivity index (χ1n) is 8.20. The Balaban J connectivity index is 1.73. The quantitative estimate of drug-likeness (QED) is 0.710. The van der Waals surface area contributed by atoms with Gasteiger partial charge >= 0.3 is 0 Å². The van der Waals surface area contributed by atoms with E-state index in [-0.39, 0.29) is 11.7 Å². The van der Waals surface area contributed by atoms with Crippen molar-refractivity contribution < 1.29 is 19.1 Å². The summed E-state index contributed by atoms with van der Waals surface area (Å²) >= 11 is 0. The van der Waals surface area contributed by atoms with Crippen molar-refractivity contribution in [2.24, 2.45) is 0 Å². The third kappa shape index (κ3) is 5.64. The molecule has 0 bridgehead atoms. The van der Waals surface area contributed by atoms with Crippen molar-refractivity contribution in [3.63, 3.8) is 0 Å². The molecule has 25 heavy (non-hydrogen) atoms. The molecule has 0 aliphatic carbocycles. The lowest BCUT2D eigenvalue weighted by molar-refractivity contribution is -0.121. The van der Waals surface area contributed by atoms with Gasteiger partial charge in [-0.05, 0) is 36.8 Å². The van der Waals surface area contributed by atoms with Gasteiger partial charge in [-0.3, -0.25) is 9.59 Å². The Labute approximate surface area is 148 Å². The third-order valence-corrected chi connectivity index (χ3v) is 3.89. The molecule has 2 rings (SSSR count). The molecule has 2 aromatic carbocycles. The molecule has 0 unspecified atom stereocenters. The van der Waals surface area contributed by atoms with Crippen LogP contribution in [0.25, 0.3) is 0 Å². The molecular weight excluding hydrogens is 318 g/mol. The lowest BCUT2D eigenvalue weighted by Crippen LogP contribution is -2.22. The largest absolute Gasteiger partial charge is 0.497 e. The molecule has 0 saturated heterocycles. The Bertz CT molecular complexity index is 710. The van der Waals surface area contributed by atoms with Crippen molar-refractivity contribution in [1.82, 2.24) is 5.32 Å². The van der Waals surface area contributed by atoms with E-state index in [0.29, 0.717) is 37.1 Å². The zero-order valence-electron chi connectivity index (χ0n) is 14.6. The number of ether oxygens (including phenoxy) is 2. The Morgan fingerprint density at radius 3 is 2.32 bits per heavy atom. The van der Waals surface area contributed by atoms with Crippen molar-refractivity contribution in [2.45, 2.75) is 25.8 Å². The molecule has 0 aromatic heterocycles. The molecule has 5 nitrogen and oxygen atoms in total. The van der Waals surface area contributed by atoms with Gasteiger partial charge in [0.15, 0.2) is 5.78 Å². The Kier molecular flexibility index (Phi) is 7.01. The molecule has 0 aliphatic heterocycles. The number of amides is 1. The summed E-state index contributed by atoms with van der Waals surface area (Å²) in [5.41, 5.74) is 1.56. The van der Waals surface area contributed by atoms with Crippen molar-refractivity contribution in [3.05, 3.63) is 59.7 Å². The number of nitrogens with one attached hydrogen (secondary N) is 1. The molecule has 0 fully saturated rings. The maximum atomic E-state index is 12.1. The maximum Gasteiger partial charge on any atom is 0.220 e. The van der Waals surface area contributed by atoms with E-state index in [1.54, 1.807) is 38.5 Å². The topological polar surface area (TPSA) is 64.6 Å². The lowest BCUT2D eigenvalue weighted by Gasteiger charge is -2.09. The third-order valence-electron chi connectivity index (χ3n) is 3.89. The average Bonchev–Trinajstić information content (AvgIpc) is 2.66. The van der Waals surface area contributed by atoms with Gasteiger partial charge in [0, 0.05) is 30.5 Å². The van der Waals surface area contributed by atoms with Crippen LogP contribution in [0.3, 0.4) is 0 Å². The van der Waals surface area contributed by atoms with Crippen LogP contribution in [0.15, 0.2) is 48.5 Å². The molecule has 1 N–H and O–H groups in total. The minimum absolute atomic E-state index is 0.0279. The Morgan fingerprint density at radius 2 is 1.64 bits per heavy atom. The zero-order valence-corrected chi connectivity index (χ0v) is 14.6. The maximum absolute atomic E-state index is 12.1. The van der Waals surface area contributed by atoms with Gasteiger partial charge < -0.3 is 14.8 Å². The van der Waals surface area contributed by atoms with Gasteiger partial charge in [0.2, 0.25) is 5.91 Å². The van der Waals surface area contributed by atoms with E-state index in [0.717, 1.165) is 11.3 Å². The predicted molar refractivity (Wildman–Crippen MR) is 96.0 cm³/mol. The van der Waals surface area contributed by atoms with E-state index in [2.05, 4.69) is 5.32 Å². The van der Waals surface area contributed by atoms with Crippen LogP contribution in [0, 0.1) is 0 Å². The summed E-state index contributed by atoms with van der Waals surface area (Å²) in [7, 11) is 3.19. The summed E-state index contributed by atoms with van der Waals surface area (Å²) in [6.45, 7) is 0.412. The highest BCUT2D eigenvalue weighted by atomic mass is 16.5. The number of hydrogen-bond donors (Lipinski definition) is 1. The number of hydrogen-bond acceptors (Lipinski definition) is 4. The molecule has 0 spiro atoms. The predicted octanol–water partition coefficient (Wildman–Crippen LogP) is 3.37. The normalized spacial score (nSPS) is 10.2. The van der Waals surface area contributed by atoms with Gasteiger partial charge in [0.05, 0.1) is 14.2 Å². The van der Waals surface area contributed by atoms with E-state index in [4.69, 9.17) is 9.47 Å². The van der Waals surface area contributed by atoms with E-state index >= 15 is 0 Å². The van der Waals surface area contributed by atoms with Crippen LogP contribution in [-0.2, 0) is 11.3 Å². The molecule has 2 aromatic rings. The van der Waals surface area contributed by atoms with Crippen LogP contribution in [0.5, 0.6) is 11.5 Å². The summed E-state index contributed by atoms with van der Waals surface area (Å²) in [6, 6.07) is 14.5. The molecular formula is C20H23NO4. The van der Waals surface area contributed by atoms with E-state index in [9.17, 15) is 9.59 Å². The fourth-order valence-corrected chi connectivity index (χ4v) is 2.46. The van der Waals surface area contributed by atoms with Crippen LogP contribution >= 0.6 is 0 Å². The first-order valence-corrected chi connectivity index (χ1v) is 8.20. The second-order valence-corrected chi connectivity index (χ2v) is 5.59. The molecule has 0 radical (unpaired) electrons. The number of rotatable bonds is 9. The van der Waals surface area contributed by atoms with Crippen LogP contribution < -0.4 is 14.8 Å². The van der Waals surface area contributed by atoms with Crippen molar-refractivity contribution in [2.75, 3.05) is 14.2 Å². The SMILES string of the molecule is COc1ccc(C(=O)CCCC(=O)NCc2ccccc2OC)cc1. The fraction of sp³-hybridized carbons (Fsp3) is 0.300. The smallest absolute Gasteiger partial charge is 0.220 e. The second-order valence-electron chi connectivity index (χ2n) is 5.59. The van der Waals surface area contributed by atoms with E-state index in [1.807, 2.05) is 24.3 Å². The van der Waals surface area contributed by atoms with Crippen LogP contribution in [0.4, 0.5) is 0 Å². The lowest BCUT2D eigenvalue weighted by atomic mass is 10.1.